The molecule has 5 heteroatoms. The summed E-state index contributed by atoms with van der Waals surface area (Å²) in [6.07, 6.45) is 4.40. The van der Waals surface area contributed by atoms with E-state index in [2.05, 4.69) is 24.3 Å². The number of halogens is 1. The Balaban J connectivity index is 2.02. The summed E-state index contributed by atoms with van der Waals surface area (Å²) in [4.78, 5) is 11.9. The minimum absolute atomic E-state index is 0.316. The van der Waals surface area contributed by atoms with Crippen LogP contribution < -0.4 is 5.32 Å². The summed E-state index contributed by atoms with van der Waals surface area (Å²) < 4.78 is 15.2. The molecule has 2 rings (SSSR count). The van der Waals surface area contributed by atoms with Crippen molar-refractivity contribution < 1.29 is 9.18 Å². The Hall–Kier alpha value is -2.43. The van der Waals surface area contributed by atoms with E-state index in [-0.39, 0.29) is 11.7 Å². The van der Waals surface area contributed by atoms with Crippen LogP contribution in [-0.4, -0.2) is 15.7 Å². The van der Waals surface area contributed by atoms with Gasteiger partial charge in [-0.2, -0.15) is 5.10 Å². The molecule has 1 amide bonds. The van der Waals surface area contributed by atoms with Gasteiger partial charge in [-0.15, -0.1) is 0 Å². The predicted molar refractivity (Wildman–Crippen MR) is 81.1 cm³/mol. The Morgan fingerprint density at radius 1 is 1.38 bits per heavy atom. The van der Waals surface area contributed by atoms with Gasteiger partial charge < -0.3 is 5.32 Å². The van der Waals surface area contributed by atoms with Gasteiger partial charge in [-0.25, -0.2) is 9.07 Å². The SMILES string of the molecule is CC(C)Cn1nccc1NC(=O)/C=C/c1ccccc1F. The van der Waals surface area contributed by atoms with Gasteiger partial charge in [-0.1, -0.05) is 32.0 Å². The summed E-state index contributed by atoms with van der Waals surface area (Å²) in [5, 5.41) is 6.90. The second-order valence-corrected chi connectivity index (χ2v) is 5.14. The summed E-state index contributed by atoms with van der Waals surface area (Å²) >= 11 is 0. The number of rotatable bonds is 5. The molecule has 0 saturated heterocycles. The zero-order valence-electron chi connectivity index (χ0n) is 12.1. The lowest BCUT2D eigenvalue weighted by molar-refractivity contribution is -0.111. The van der Waals surface area contributed by atoms with Crippen LogP contribution in [0.1, 0.15) is 19.4 Å². The summed E-state index contributed by atoms with van der Waals surface area (Å²) in [5.74, 6) is 0.386. The van der Waals surface area contributed by atoms with Crippen molar-refractivity contribution in [3.63, 3.8) is 0 Å². The summed E-state index contributed by atoms with van der Waals surface area (Å²) in [5.41, 5.74) is 0.378. The van der Waals surface area contributed by atoms with E-state index < -0.39 is 0 Å². The van der Waals surface area contributed by atoms with Gasteiger partial charge in [0.05, 0.1) is 6.20 Å². The third-order valence-corrected chi connectivity index (χ3v) is 2.83. The lowest BCUT2D eigenvalue weighted by Gasteiger charge is -2.09. The van der Waals surface area contributed by atoms with Crippen LogP contribution >= 0.6 is 0 Å². The Morgan fingerprint density at radius 3 is 2.86 bits per heavy atom. The van der Waals surface area contributed by atoms with Gasteiger partial charge >= 0.3 is 0 Å². The van der Waals surface area contributed by atoms with E-state index in [1.54, 1.807) is 35.1 Å². The molecule has 0 atom stereocenters. The van der Waals surface area contributed by atoms with Crippen molar-refractivity contribution in [2.24, 2.45) is 5.92 Å². The second-order valence-electron chi connectivity index (χ2n) is 5.14. The molecule has 4 nitrogen and oxygen atoms in total. The standard InChI is InChI=1S/C16H18FN3O/c1-12(2)11-20-15(9-10-18-20)19-16(21)8-7-13-5-3-4-6-14(13)17/h3-10,12H,11H2,1-2H3,(H,19,21)/b8-7+. The van der Waals surface area contributed by atoms with Crippen molar-refractivity contribution in [3.05, 3.63) is 54.0 Å². The molecule has 0 aliphatic rings. The average molecular weight is 287 g/mol. The molecule has 0 spiro atoms. The first kappa shape index (κ1) is 15.0. The number of hydrogen-bond donors (Lipinski definition) is 1. The van der Waals surface area contributed by atoms with E-state index in [4.69, 9.17) is 0 Å². The van der Waals surface area contributed by atoms with Crippen molar-refractivity contribution in [3.8, 4) is 0 Å². The van der Waals surface area contributed by atoms with Crippen molar-refractivity contribution in [1.29, 1.82) is 0 Å². The normalized spacial score (nSPS) is 11.2. The molecule has 1 heterocycles. The molecule has 0 aliphatic heterocycles. The largest absolute Gasteiger partial charge is 0.307 e. The molecule has 1 aromatic carbocycles. The molecule has 0 saturated carbocycles. The second kappa shape index (κ2) is 6.83. The predicted octanol–water partition coefficient (Wildman–Crippen LogP) is 3.33. The molecular weight excluding hydrogens is 269 g/mol. The molecule has 0 fully saturated rings. The molecular formula is C16H18FN3O. The molecule has 0 radical (unpaired) electrons. The molecule has 2 aromatic rings. The number of hydrogen-bond acceptors (Lipinski definition) is 2. The quantitative estimate of drug-likeness (QED) is 0.857. The van der Waals surface area contributed by atoms with Gasteiger partial charge in [0.2, 0.25) is 5.91 Å². The molecule has 0 bridgehead atoms. The van der Waals surface area contributed by atoms with Gasteiger partial charge in [-0.05, 0) is 18.1 Å². The maximum atomic E-state index is 13.4. The number of nitrogens with zero attached hydrogens (tertiary/aromatic N) is 2. The fourth-order valence-electron chi connectivity index (χ4n) is 1.87. The maximum Gasteiger partial charge on any atom is 0.249 e. The van der Waals surface area contributed by atoms with Crippen LogP contribution in [0.25, 0.3) is 6.08 Å². The number of carbonyl (C=O) groups excluding carboxylic acids is 1. The van der Waals surface area contributed by atoms with Crippen molar-refractivity contribution in [1.82, 2.24) is 9.78 Å². The lowest BCUT2D eigenvalue weighted by Crippen LogP contribution is -2.15. The number of benzene rings is 1. The number of nitrogens with one attached hydrogen (secondary N) is 1. The van der Waals surface area contributed by atoms with Gasteiger partial charge in [0, 0.05) is 24.3 Å². The minimum atomic E-state index is -0.355. The van der Waals surface area contributed by atoms with Crippen LogP contribution in [0.15, 0.2) is 42.6 Å². The Morgan fingerprint density at radius 2 is 2.14 bits per heavy atom. The molecule has 110 valence electrons. The van der Waals surface area contributed by atoms with Crippen LogP contribution in [0.4, 0.5) is 10.2 Å². The van der Waals surface area contributed by atoms with Gasteiger partial charge in [0.1, 0.15) is 11.6 Å². The highest BCUT2D eigenvalue weighted by molar-refractivity contribution is 6.01. The van der Waals surface area contributed by atoms with Crippen molar-refractivity contribution >= 4 is 17.8 Å². The summed E-state index contributed by atoms with van der Waals surface area (Å²) in [6, 6.07) is 8.03. The Kier molecular flexibility index (Phi) is 4.87. The van der Waals surface area contributed by atoms with E-state index in [9.17, 15) is 9.18 Å². The van der Waals surface area contributed by atoms with E-state index >= 15 is 0 Å². The Labute approximate surface area is 123 Å². The van der Waals surface area contributed by atoms with Crippen LogP contribution in [-0.2, 0) is 11.3 Å². The van der Waals surface area contributed by atoms with Gasteiger partial charge in [0.25, 0.3) is 0 Å². The highest BCUT2D eigenvalue weighted by atomic mass is 19.1. The first-order chi connectivity index (χ1) is 10.1. The molecule has 1 N–H and O–H groups in total. The fraction of sp³-hybridized carbons (Fsp3) is 0.250. The topological polar surface area (TPSA) is 46.9 Å². The number of amides is 1. The maximum absolute atomic E-state index is 13.4. The number of carbonyl (C=O) groups is 1. The summed E-state index contributed by atoms with van der Waals surface area (Å²) in [7, 11) is 0. The molecule has 1 aromatic heterocycles. The minimum Gasteiger partial charge on any atom is -0.307 e. The average Bonchev–Trinajstić information content (AvgIpc) is 2.84. The van der Waals surface area contributed by atoms with E-state index in [0.717, 1.165) is 6.54 Å². The van der Waals surface area contributed by atoms with Crippen LogP contribution in [0.5, 0.6) is 0 Å². The van der Waals surface area contributed by atoms with Gasteiger partial charge in [-0.3, -0.25) is 4.79 Å². The van der Waals surface area contributed by atoms with Crippen LogP contribution in [0.3, 0.4) is 0 Å². The smallest absolute Gasteiger partial charge is 0.249 e. The molecule has 0 aliphatic carbocycles. The first-order valence-electron chi connectivity index (χ1n) is 6.81. The van der Waals surface area contributed by atoms with Crippen molar-refractivity contribution in [2.45, 2.75) is 20.4 Å². The van der Waals surface area contributed by atoms with E-state index in [0.29, 0.717) is 17.3 Å². The third kappa shape index (κ3) is 4.27. The highest BCUT2D eigenvalue weighted by Gasteiger charge is 2.06. The zero-order chi connectivity index (χ0) is 15.2. The summed E-state index contributed by atoms with van der Waals surface area (Å²) in [6.45, 7) is 4.87. The Bertz CT molecular complexity index is 646. The fourth-order valence-corrected chi connectivity index (χ4v) is 1.87. The third-order valence-electron chi connectivity index (χ3n) is 2.83. The van der Waals surface area contributed by atoms with Crippen LogP contribution in [0.2, 0.25) is 0 Å². The number of anilines is 1. The monoisotopic (exact) mass is 287 g/mol. The molecule has 21 heavy (non-hydrogen) atoms. The van der Waals surface area contributed by atoms with Crippen molar-refractivity contribution in [2.75, 3.05) is 5.32 Å². The highest BCUT2D eigenvalue weighted by Crippen LogP contribution is 2.11. The van der Waals surface area contributed by atoms with Crippen LogP contribution in [0, 0.1) is 11.7 Å². The number of aromatic nitrogens is 2. The van der Waals surface area contributed by atoms with Gasteiger partial charge in [0.15, 0.2) is 0 Å². The lowest BCUT2D eigenvalue weighted by atomic mass is 10.2. The van der Waals surface area contributed by atoms with E-state index in [1.165, 1.54) is 18.2 Å². The zero-order valence-corrected chi connectivity index (χ0v) is 12.1. The van der Waals surface area contributed by atoms with E-state index in [1.807, 2.05) is 0 Å². The first-order valence-corrected chi connectivity index (χ1v) is 6.81. The molecule has 0 unspecified atom stereocenters.